The predicted octanol–water partition coefficient (Wildman–Crippen LogP) is 3.46. The van der Waals surface area contributed by atoms with E-state index >= 15 is 0 Å². The molecule has 2 aromatic rings. The number of benzene rings is 2. The second-order valence-corrected chi connectivity index (χ2v) is 5.46. The van der Waals surface area contributed by atoms with Gasteiger partial charge in [-0.1, -0.05) is 18.2 Å². The highest BCUT2D eigenvalue weighted by atomic mass is 127. The Bertz CT molecular complexity index is 619. The van der Waals surface area contributed by atoms with Crippen LogP contribution in [0, 0.1) is 21.0 Å². The van der Waals surface area contributed by atoms with Crippen LogP contribution in [0.15, 0.2) is 36.4 Å². The fraction of sp³-hybridized carbons (Fsp3) is 0.143. The van der Waals surface area contributed by atoms with Gasteiger partial charge in [0.2, 0.25) is 0 Å². The summed E-state index contributed by atoms with van der Waals surface area (Å²) in [5, 5.41) is 0. The molecule has 20 heavy (non-hydrogen) atoms. The Labute approximate surface area is 128 Å². The molecular formula is C14H12F3IN2. The first-order valence-electron chi connectivity index (χ1n) is 5.87. The van der Waals surface area contributed by atoms with Crippen LogP contribution in [-0.2, 0) is 6.42 Å². The van der Waals surface area contributed by atoms with Crippen molar-refractivity contribution in [2.75, 3.05) is 0 Å². The molecule has 0 amide bonds. The fourth-order valence-electron chi connectivity index (χ4n) is 1.97. The van der Waals surface area contributed by atoms with E-state index in [4.69, 9.17) is 5.84 Å². The van der Waals surface area contributed by atoms with Crippen LogP contribution < -0.4 is 11.3 Å². The van der Waals surface area contributed by atoms with Crippen molar-refractivity contribution in [2.24, 2.45) is 5.84 Å². The Morgan fingerprint density at radius 3 is 2.55 bits per heavy atom. The molecule has 0 spiro atoms. The Morgan fingerprint density at radius 2 is 1.90 bits per heavy atom. The Hall–Kier alpha value is -1.12. The van der Waals surface area contributed by atoms with Crippen molar-refractivity contribution in [1.82, 2.24) is 5.43 Å². The molecule has 0 saturated heterocycles. The Morgan fingerprint density at radius 1 is 1.15 bits per heavy atom. The third-order valence-electron chi connectivity index (χ3n) is 2.99. The average molecular weight is 392 g/mol. The lowest BCUT2D eigenvalue weighted by atomic mass is 9.99. The van der Waals surface area contributed by atoms with Crippen molar-refractivity contribution >= 4 is 22.6 Å². The summed E-state index contributed by atoms with van der Waals surface area (Å²) in [5.41, 5.74) is 3.51. The zero-order chi connectivity index (χ0) is 14.7. The van der Waals surface area contributed by atoms with Crippen LogP contribution in [0.4, 0.5) is 13.2 Å². The lowest BCUT2D eigenvalue weighted by Gasteiger charge is -2.18. The molecule has 0 aliphatic carbocycles. The zero-order valence-electron chi connectivity index (χ0n) is 10.3. The maximum Gasteiger partial charge on any atom is 0.162 e. The van der Waals surface area contributed by atoms with Crippen LogP contribution in [0.1, 0.15) is 17.2 Å². The molecule has 0 bridgehead atoms. The van der Waals surface area contributed by atoms with Crippen molar-refractivity contribution in [3.8, 4) is 0 Å². The number of rotatable bonds is 4. The molecule has 3 N–H and O–H groups in total. The van der Waals surface area contributed by atoms with E-state index in [0.29, 0.717) is 3.57 Å². The molecule has 0 saturated carbocycles. The number of hydrogen-bond acceptors (Lipinski definition) is 2. The largest absolute Gasteiger partial charge is 0.271 e. The summed E-state index contributed by atoms with van der Waals surface area (Å²) in [7, 11) is 0. The number of hydrogen-bond donors (Lipinski definition) is 2. The molecule has 1 atom stereocenters. The highest BCUT2D eigenvalue weighted by Gasteiger charge is 2.17. The second kappa shape index (κ2) is 6.55. The molecular weight excluding hydrogens is 380 g/mol. The van der Waals surface area contributed by atoms with E-state index in [0.717, 1.165) is 11.6 Å². The van der Waals surface area contributed by atoms with E-state index in [-0.39, 0.29) is 17.8 Å². The van der Waals surface area contributed by atoms with Gasteiger partial charge in [0.15, 0.2) is 11.6 Å². The molecule has 0 heterocycles. The highest BCUT2D eigenvalue weighted by Crippen LogP contribution is 2.25. The van der Waals surface area contributed by atoms with E-state index in [1.807, 2.05) is 22.6 Å². The van der Waals surface area contributed by atoms with Gasteiger partial charge in [0.1, 0.15) is 5.82 Å². The molecule has 2 nitrogen and oxygen atoms in total. The number of nitrogens with one attached hydrogen (secondary N) is 1. The van der Waals surface area contributed by atoms with Gasteiger partial charge < -0.3 is 0 Å². The summed E-state index contributed by atoms with van der Waals surface area (Å²) in [6, 6.07) is 7.82. The van der Waals surface area contributed by atoms with Crippen LogP contribution in [0.5, 0.6) is 0 Å². The van der Waals surface area contributed by atoms with Gasteiger partial charge >= 0.3 is 0 Å². The first kappa shape index (κ1) is 15.3. The topological polar surface area (TPSA) is 38.0 Å². The zero-order valence-corrected chi connectivity index (χ0v) is 12.5. The van der Waals surface area contributed by atoms with E-state index < -0.39 is 17.7 Å². The molecule has 2 aromatic carbocycles. The normalized spacial score (nSPS) is 12.4. The summed E-state index contributed by atoms with van der Waals surface area (Å²) < 4.78 is 40.6. The van der Waals surface area contributed by atoms with Crippen molar-refractivity contribution in [1.29, 1.82) is 0 Å². The number of halogens is 4. The SMILES string of the molecule is NNC(Cc1cccc(F)c1F)c1ccc(F)cc1I. The van der Waals surface area contributed by atoms with Gasteiger partial charge in [-0.3, -0.25) is 11.3 Å². The van der Waals surface area contributed by atoms with Gasteiger partial charge in [-0.2, -0.15) is 0 Å². The van der Waals surface area contributed by atoms with Gasteiger partial charge in [0.05, 0.1) is 6.04 Å². The first-order chi connectivity index (χ1) is 9.52. The Balaban J connectivity index is 2.31. The quantitative estimate of drug-likeness (QED) is 0.475. The summed E-state index contributed by atoms with van der Waals surface area (Å²) in [4.78, 5) is 0. The van der Waals surface area contributed by atoms with Gasteiger partial charge in [-0.25, -0.2) is 13.2 Å². The number of nitrogens with two attached hydrogens (primary N) is 1. The van der Waals surface area contributed by atoms with Gasteiger partial charge in [0, 0.05) is 3.57 Å². The second-order valence-electron chi connectivity index (χ2n) is 4.30. The van der Waals surface area contributed by atoms with Crippen molar-refractivity contribution in [3.63, 3.8) is 0 Å². The monoisotopic (exact) mass is 392 g/mol. The predicted molar refractivity (Wildman–Crippen MR) is 79.2 cm³/mol. The molecule has 1 unspecified atom stereocenters. The maximum atomic E-state index is 13.7. The van der Waals surface area contributed by atoms with Gasteiger partial charge in [-0.15, -0.1) is 0 Å². The van der Waals surface area contributed by atoms with Crippen LogP contribution in [0.2, 0.25) is 0 Å². The van der Waals surface area contributed by atoms with E-state index in [1.165, 1.54) is 24.3 Å². The minimum absolute atomic E-state index is 0.168. The molecule has 0 aliphatic heterocycles. The van der Waals surface area contributed by atoms with Crippen LogP contribution in [-0.4, -0.2) is 0 Å². The van der Waals surface area contributed by atoms with Gasteiger partial charge in [0.25, 0.3) is 0 Å². The molecule has 106 valence electrons. The average Bonchev–Trinajstić information content (AvgIpc) is 2.41. The van der Waals surface area contributed by atoms with E-state index in [9.17, 15) is 13.2 Å². The maximum absolute atomic E-state index is 13.7. The van der Waals surface area contributed by atoms with Crippen LogP contribution >= 0.6 is 22.6 Å². The first-order valence-corrected chi connectivity index (χ1v) is 6.94. The van der Waals surface area contributed by atoms with E-state index in [2.05, 4.69) is 5.43 Å². The highest BCUT2D eigenvalue weighted by molar-refractivity contribution is 14.1. The summed E-state index contributed by atoms with van der Waals surface area (Å²) in [5.74, 6) is 3.35. The molecule has 6 heteroatoms. The molecule has 0 fully saturated rings. The van der Waals surface area contributed by atoms with Crippen LogP contribution in [0.3, 0.4) is 0 Å². The minimum Gasteiger partial charge on any atom is -0.271 e. The minimum atomic E-state index is -0.896. The molecule has 0 aromatic heterocycles. The smallest absolute Gasteiger partial charge is 0.162 e. The van der Waals surface area contributed by atoms with E-state index in [1.54, 1.807) is 6.07 Å². The summed E-state index contributed by atoms with van der Waals surface area (Å²) >= 11 is 1.98. The molecule has 0 radical (unpaired) electrons. The van der Waals surface area contributed by atoms with Crippen LogP contribution in [0.25, 0.3) is 0 Å². The number of hydrazine groups is 1. The summed E-state index contributed by atoms with van der Waals surface area (Å²) in [6.07, 6.45) is 0.168. The molecule has 2 rings (SSSR count). The lowest BCUT2D eigenvalue weighted by Crippen LogP contribution is -2.30. The standard InChI is InChI=1S/C14H12F3IN2/c15-9-4-5-10(12(18)7-9)13(20-19)6-8-2-1-3-11(16)14(8)17/h1-5,7,13,20H,6,19H2. The Kier molecular flexibility index (Phi) is 5.00. The third kappa shape index (κ3) is 3.31. The summed E-state index contributed by atoms with van der Waals surface area (Å²) in [6.45, 7) is 0. The van der Waals surface area contributed by atoms with Crippen molar-refractivity contribution in [3.05, 3.63) is 68.5 Å². The van der Waals surface area contributed by atoms with Gasteiger partial charge in [-0.05, 0) is 58.3 Å². The third-order valence-corrected chi connectivity index (χ3v) is 3.93. The fourth-order valence-corrected chi connectivity index (χ4v) is 2.82. The molecule has 0 aliphatic rings. The van der Waals surface area contributed by atoms with Crippen molar-refractivity contribution in [2.45, 2.75) is 12.5 Å². The lowest BCUT2D eigenvalue weighted by molar-refractivity contribution is 0.480. The van der Waals surface area contributed by atoms with Crippen molar-refractivity contribution < 1.29 is 13.2 Å².